The average Bonchev–Trinajstić information content (AvgIpc) is 2.11. The van der Waals surface area contributed by atoms with Gasteiger partial charge in [0, 0.05) is 5.02 Å². The minimum atomic E-state index is -0.215. The fraction of sp³-hybridized carbons (Fsp3) is 0.125. The summed E-state index contributed by atoms with van der Waals surface area (Å²) in [7, 11) is 0. The van der Waals surface area contributed by atoms with Gasteiger partial charge in [0.15, 0.2) is 0 Å². The molecule has 0 saturated heterocycles. The van der Waals surface area contributed by atoms with Crippen LogP contribution in [0.3, 0.4) is 0 Å². The molecule has 0 fully saturated rings. The molecule has 70 valence electrons. The zero-order chi connectivity index (χ0) is 9.84. The van der Waals surface area contributed by atoms with E-state index >= 15 is 0 Å². The van der Waals surface area contributed by atoms with Crippen LogP contribution in [0.2, 0.25) is 10.0 Å². The summed E-state index contributed by atoms with van der Waals surface area (Å²) in [5.41, 5.74) is 0.508. The van der Waals surface area contributed by atoms with Gasteiger partial charge in [0.25, 0.3) is 0 Å². The van der Waals surface area contributed by atoms with Gasteiger partial charge in [-0.3, -0.25) is 4.79 Å². The molecule has 0 heterocycles. The minimum absolute atomic E-state index is 0.114. The first-order chi connectivity index (χ1) is 6.13. The molecule has 0 radical (unpaired) electrons. The fourth-order valence-electron chi connectivity index (χ4n) is 0.783. The number of halogens is 2. The first kappa shape index (κ1) is 10.7. The Balaban J connectivity index is 2.87. The van der Waals surface area contributed by atoms with Crippen LogP contribution in [0.5, 0.6) is 0 Å². The number of anilines is 1. The summed E-state index contributed by atoms with van der Waals surface area (Å²) in [4.78, 5) is 11.0. The maximum absolute atomic E-state index is 11.0. The van der Waals surface area contributed by atoms with Gasteiger partial charge in [-0.15, -0.1) is 0 Å². The maximum atomic E-state index is 11.0. The third-order valence-electron chi connectivity index (χ3n) is 1.35. The van der Waals surface area contributed by atoms with E-state index in [0.29, 0.717) is 15.7 Å². The van der Waals surface area contributed by atoms with E-state index in [2.05, 4.69) is 17.9 Å². The number of hydrogen-bond donors (Lipinski definition) is 2. The van der Waals surface area contributed by atoms with E-state index < -0.39 is 0 Å². The van der Waals surface area contributed by atoms with Gasteiger partial charge < -0.3 is 5.32 Å². The van der Waals surface area contributed by atoms with Crippen molar-refractivity contribution in [3.05, 3.63) is 28.2 Å². The van der Waals surface area contributed by atoms with Crippen molar-refractivity contribution in [3.63, 3.8) is 0 Å². The van der Waals surface area contributed by atoms with Gasteiger partial charge in [-0.25, -0.2) is 0 Å². The number of thiol groups is 1. The van der Waals surface area contributed by atoms with Crippen LogP contribution in [0, 0.1) is 0 Å². The van der Waals surface area contributed by atoms with E-state index in [9.17, 15) is 4.79 Å². The molecule has 1 aromatic carbocycles. The normalized spacial score (nSPS) is 9.77. The fourth-order valence-corrected chi connectivity index (χ4v) is 1.20. The average molecular weight is 236 g/mol. The second-order valence-electron chi connectivity index (χ2n) is 2.33. The smallest absolute Gasteiger partial charge is 0.234 e. The Labute approximate surface area is 91.6 Å². The summed E-state index contributed by atoms with van der Waals surface area (Å²) in [6.07, 6.45) is 0. The number of carbonyl (C=O) groups is 1. The van der Waals surface area contributed by atoms with E-state index in [4.69, 9.17) is 23.2 Å². The summed E-state index contributed by atoms with van der Waals surface area (Å²) >= 11 is 15.3. The maximum Gasteiger partial charge on any atom is 0.234 e. The molecule has 0 atom stereocenters. The van der Waals surface area contributed by atoms with Gasteiger partial charge in [-0.05, 0) is 18.2 Å². The van der Waals surface area contributed by atoms with E-state index in [1.165, 1.54) is 0 Å². The summed E-state index contributed by atoms with van der Waals surface area (Å²) in [6.45, 7) is 0. The lowest BCUT2D eigenvalue weighted by atomic mass is 10.3. The number of nitrogens with one attached hydrogen (secondary N) is 1. The molecule has 13 heavy (non-hydrogen) atoms. The SMILES string of the molecule is O=C(CS)Nc1cc(Cl)ccc1Cl. The van der Waals surface area contributed by atoms with Gasteiger partial charge in [0.2, 0.25) is 5.91 Å². The van der Waals surface area contributed by atoms with Crippen LogP contribution in [-0.2, 0) is 4.79 Å². The molecule has 5 heteroatoms. The highest BCUT2D eigenvalue weighted by atomic mass is 35.5. The Morgan fingerprint density at radius 2 is 2.15 bits per heavy atom. The molecule has 0 spiro atoms. The van der Waals surface area contributed by atoms with E-state index in [1.807, 2.05) is 0 Å². The van der Waals surface area contributed by atoms with Crippen LogP contribution in [-0.4, -0.2) is 11.7 Å². The lowest BCUT2D eigenvalue weighted by molar-refractivity contribution is -0.113. The molecule has 1 rings (SSSR count). The minimum Gasteiger partial charge on any atom is -0.324 e. The van der Waals surface area contributed by atoms with Crippen molar-refractivity contribution in [2.45, 2.75) is 0 Å². The van der Waals surface area contributed by atoms with Crippen molar-refractivity contribution >= 4 is 47.4 Å². The Morgan fingerprint density at radius 1 is 1.46 bits per heavy atom. The molecule has 2 nitrogen and oxygen atoms in total. The van der Waals surface area contributed by atoms with Crippen LogP contribution < -0.4 is 5.32 Å². The molecular weight excluding hydrogens is 229 g/mol. The van der Waals surface area contributed by atoms with Crippen molar-refractivity contribution in [2.24, 2.45) is 0 Å². The van der Waals surface area contributed by atoms with Crippen LogP contribution in [0.4, 0.5) is 5.69 Å². The molecule has 0 aliphatic carbocycles. The molecule has 1 N–H and O–H groups in total. The van der Waals surface area contributed by atoms with Gasteiger partial charge in [-0.1, -0.05) is 23.2 Å². The number of amides is 1. The molecule has 0 unspecified atom stereocenters. The van der Waals surface area contributed by atoms with Gasteiger partial charge in [0.1, 0.15) is 0 Å². The molecule has 0 aliphatic heterocycles. The highest BCUT2D eigenvalue weighted by Crippen LogP contribution is 2.25. The predicted octanol–water partition coefficient (Wildman–Crippen LogP) is 2.86. The number of carbonyl (C=O) groups excluding carboxylic acids is 1. The Bertz CT molecular complexity index is 330. The van der Waals surface area contributed by atoms with Crippen molar-refractivity contribution in [3.8, 4) is 0 Å². The van der Waals surface area contributed by atoms with Crippen LogP contribution in [0.1, 0.15) is 0 Å². The van der Waals surface area contributed by atoms with Crippen LogP contribution >= 0.6 is 35.8 Å². The molecule has 0 saturated carbocycles. The van der Waals surface area contributed by atoms with Gasteiger partial charge >= 0.3 is 0 Å². The molecule has 1 aromatic rings. The third-order valence-corrected chi connectivity index (χ3v) is 2.20. The summed E-state index contributed by atoms with van der Waals surface area (Å²) in [5, 5.41) is 3.55. The second-order valence-corrected chi connectivity index (χ2v) is 3.49. The summed E-state index contributed by atoms with van der Waals surface area (Å²) < 4.78 is 0. The highest BCUT2D eigenvalue weighted by molar-refractivity contribution is 7.81. The van der Waals surface area contributed by atoms with E-state index in [-0.39, 0.29) is 11.7 Å². The molecule has 0 aromatic heterocycles. The third kappa shape index (κ3) is 3.10. The Morgan fingerprint density at radius 3 is 2.77 bits per heavy atom. The quantitative estimate of drug-likeness (QED) is 0.759. The van der Waals surface area contributed by atoms with Crippen molar-refractivity contribution in [1.29, 1.82) is 0 Å². The second kappa shape index (κ2) is 4.74. The van der Waals surface area contributed by atoms with Crippen LogP contribution in [0.15, 0.2) is 18.2 Å². The lowest BCUT2D eigenvalue weighted by Crippen LogP contribution is -2.12. The monoisotopic (exact) mass is 235 g/mol. The standard InChI is InChI=1S/C8H7Cl2NOS/c9-5-1-2-6(10)7(3-5)11-8(12)4-13/h1-3,13H,4H2,(H,11,12). The molecular formula is C8H7Cl2NOS. The highest BCUT2D eigenvalue weighted by Gasteiger charge is 2.04. The zero-order valence-electron chi connectivity index (χ0n) is 6.55. The zero-order valence-corrected chi connectivity index (χ0v) is 8.96. The number of rotatable bonds is 2. The Kier molecular flexibility index (Phi) is 3.90. The van der Waals surface area contributed by atoms with Crippen molar-refractivity contribution < 1.29 is 4.79 Å². The van der Waals surface area contributed by atoms with Crippen molar-refractivity contribution in [1.82, 2.24) is 0 Å². The Hall–Kier alpha value is -0.380. The van der Waals surface area contributed by atoms with E-state index in [0.717, 1.165) is 0 Å². The first-order valence-electron chi connectivity index (χ1n) is 3.49. The number of hydrogen-bond acceptors (Lipinski definition) is 2. The first-order valence-corrected chi connectivity index (χ1v) is 4.88. The summed E-state index contributed by atoms with van der Waals surface area (Å²) in [6, 6.07) is 4.86. The van der Waals surface area contributed by atoms with Crippen LogP contribution in [0.25, 0.3) is 0 Å². The lowest BCUT2D eigenvalue weighted by Gasteiger charge is -2.05. The molecule has 0 aliphatic rings. The largest absolute Gasteiger partial charge is 0.324 e. The van der Waals surface area contributed by atoms with Gasteiger partial charge in [-0.2, -0.15) is 12.6 Å². The topological polar surface area (TPSA) is 29.1 Å². The number of benzene rings is 1. The molecule has 0 bridgehead atoms. The summed E-state index contributed by atoms with van der Waals surface area (Å²) in [5.74, 6) is -0.101. The molecule has 1 amide bonds. The van der Waals surface area contributed by atoms with Gasteiger partial charge in [0.05, 0.1) is 16.5 Å². The van der Waals surface area contributed by atoms with Crippen molar-refractivity contribution in [2.75, 3.05) is 11.1 Å². The van der Waals surface area contributed by atoms with E-state index in [1.54, 1.807) is 18.2 Å². The predicted molar refractivity (Wildman–Crippen MR) is 58.9 cm³/mol.